The van der Waals surface area contributed by atoms with Crippen molar-refractivity contribution >= 4 is 51.5 Å². The van der Waals surface area contributed by atoms with Crippen molar-refractivity contribution < 1.29 is 31.2 Å². The van der Waals surface area contributed by atoms with Gasteiger partial charge in [-0.05, 0) is 24.6 Å². The number of fused-ring (bicyclic) bond motifs is 1. The molecule has 2 N–H and O–H groups in total. The molecule has 0 saturated carbocycles. The van der Waals surface area contributed by atoms with Crippen LogP contribution < -0.4 is 15.5 Å². The fraction of sp³-hybridized carbons (Fsp3) is 0.417. The van der Waals surface area contributed by atoms with Gasteiger partial charge in [0.05, 0.1) is 16.8 Å². The summed E-state index contributed by atoms with van der Waals surface area (Å²) in [7, 11) is -2.00. The van der Waals surface area contributed by atoms with Crippen LogP contribution in [-0.4, -0.2) is 85.1 Å². The van der Waals surface area contributed by atoms with Crippen LogP contribution in [0.4, 0.5) is 24.8 Å². The topological polar surface area (TPSA) is 151 Å². The lowest BCUT2D eigenvalue weighted by Crippen LogP contribution is -2.73. The Hall–Kier alpha value is -4.08. The van der Waals surface area contributed by atoms with Crippen molar-refractivity contribution in [2.45, 2.75) is 24.6 Å². The van der Waals surface area contributed by atoms with Crippen LogP contribution in [0.2, 0.25) is 0 Å². The molecule has 16 heteroatoms. The number of carbonyl (C=O) groups is 2. The van der Waals surface area contributed by atoms with Gasteiger partial charge in [-0.25, -0.2) is 18.4 Å². The van der Waals surface area contributed by atoms with Gasteiger partial charge in [0.25, 0.3) is 5.91 Å². The number of allylic oxidation sites excluding steroid dienone is 1. The molecule has 0 aromatic carbocycles. The lowest BCUT2D eigenvalue weighted by atomic mass is 9.81. The average Bonchev–Trinajstić information content (AvgIpc) is 3.19. The van der Waals surface area contributed by atoms with Crippen molar-refractivity contribution in [3.63, 3.8) is 0 Å². The summed E-state index contributed by atoms with van der Waals surface area (Å²) in [5.41, 5.74) is -1.15. The number of pyridine rings is 1. The van der Waals surface area contributed by atoms with E-state index in [9.17, 15) is 31.2 Å². The molecule has 0 radical (unpaired) electrons. The predicted molar refractivity (Wildman–Crippen MR) is 141 cm³/mol. The van der Waals surface area contributed by atoms with Crippen molar-refractivity contribution in [1.29, 1.82) is 0 Å². The third-order valence-electron chi connectivity index (χ3n) is 6.64. The SMILES string of the molecule is C/N=C/C1C=NC(n2nc3c(c2NC(=O)CS(C)(=O)=O)C(=O)NC2(C3)CN(c3ccc(C(F)(F)F)cn3)C2)=CC1. The second-order valence-corrected chi connectivity index (χ2v) is 12.2. The molecule has 2 amide bonds. The minimum Gasteiger partial charge on any atom is -0.352 e. The van der Waals surface area contributed by atoms with Gasteiger partial charge in [-0.2, -0.15) is 23.0 Å². The minimum atomic E-state index is -4.50. The molecule has 1 saturated heterocycles. The Morgan fingerprint density at radius 1 is 1.32 bits per heavy atom. The van der Waals surface area contributed by atoms with Crippen LogP contribution in [0.15, 0.2) is 34.4 Å². The van der Waals surface area contributed by atoms with Crippen molar-refractivity contribution in [3.8, 4) is 0 Å². The van der Waals surface area contributed by atoms with Crippen LogP contribution in [0.1, 0.15) is 28.0 Å². The number of halogens is 3. The van der Waals surface area contributed by atoms with Gasteiger partial charge in [0.15, 0.2) is 21.5 Å². The van der Waals surface area contributed by atoms with E-state index in [0.717, 1.165) is 18.5 Å². The van der Waals surface area contributed by atoms with Gasteiger partial charge >= 0.3 is 6.18 Å². The molecule has 1 unspecified atom stereocenters. The second kappa shape index (κ2) is 9.83. The van der Waals surface area contributed by atoms with Gasteiger partial charge in [-0.3, -0.25) is 9.59 Å². The first kappa shape index (κ1) is 27.5. The lowest BCUT2D eigenvalue weighted by molar-refractivity contribution is -0.137. The zero-order valence-corrected chi connectivity index (χ0v) is 22.3. The van der Waals surface area contributed by atoms with E-state index in [1.807, 2.05) is 0 Å². The largest absolute Gasteiger partial charge is 0.417 e. The zero-order valence-electron chi connectivity index (χ0n) is 21.4. The Morgan fingerprint density at radius 2 is 2.08 bits per heavy atom. The van der Waals surface area contributed by atoms with E-state index in [0.29, 0.717) is 23.8 Å². The maximum absolute atomic E-state index is 13.3. The first-order chi connectivity index (χ1) is 18.8. The van der Waals surface area contributed by atoms with Gasteiger partial charge in [0.2, 0.25) is 5.91 Å². The van der Waals surface area contributed by atoms with Crippen LogP contribution >= 0.6 is 0 Å². The Kier molecular flexibility index (Phi) is 6.76. The van der Waals surface area contributed by atoms with E-state index in [-0.39, 0.29) is 36.8 Å². The summed E-state index contributed by atoms with van der Waals surface area (Å²) < 4.78 is 63.3. The van der Waals surface area contributed by atoms with E-state index < -0.39 is 44.7 Å². The van der Waals surface area contributed by atoms with Gasteiger partial charge in [0.1, 0.15) is 17.1 Å². The average molecular weight is 579 g/mol. The maximum Gasteiger partial charge on any atom is 0.417 e. The van der Waals surface area contributed by atoms with E-state index >= 15 is 0 Å². The van der Waals surface area contributed by atoms with Crippen molar-refractivity contribution in [3.05, 3.63) is 41.2 Å². The zero-order chi connectivity index (χ0) is 28.9. The summed E-state index contributed by atoms with van der Waals surface area (Å²) in [4.78, 5) is 39.9. The van der Waals surface area contributed by atoms with E-state index in [4.69, 9.17) is 0 Å². The third kappa shape index (κ3) is 5.48. The highest BCUT2D eigenvalue weighted by Gasteiger charge is 2.50. The number of anilines is 2. The van der Waals surface area contributed by atoms with E-state index in [2.05, 4.69) is 30.7 Å². The summed E-state index contributed by atoms with van der Waals surface area (Å²) >= 11 is 0. The van der Waals surface area contributed by atoms with Gasteiger partial charge in [-0.15, -0.1) is 0 Å². The van der Waals surface area contributed by atoms with Crippen molar-refractivity contribution in [2.24, 2.45) is 15.9 Å². The molecular weight excluding hydrogens is 553 g/mol. The van der Waals surface area contributed by atoms with Gasteiger partial charge < -0.3 is 20.5 Å². The number of nitrogens with one attached hydrogen (secondary N) is 2. The highest BCUT2D eigenvalue weighted by Crippen LogP contribution is 2.37. The van der Waals surface area contributed by atoms with Crippen LogP contribution in [0.3, 0.4) is 0 Å². The number of amides is 2. The molecule has 0 aliphatic carbocycles. The third-order valence-corrected chi connectivity index (χ3v) is 7.42. The number of carbonyl (C=O) groups excluding carboxylic acids is 2. The number of aliphatic imine (C=N–C) groups is 2. The standard InChI is InChI=1S/C24H25F3N8O4S/c1-28-8-14-3-5-18(29-9-14)35-21(31-19(36)11-40(2,38)39)20-16(33-35)7-23(32-22(20)37)12-34(13-23)17-6-4-15(10-30-17)24(25,26)27/h4-6,8-10,14H,3,7,11-13H2,1-2H3,(H,31,36)(H,32,37)/b28-8+. The summed E-state index contributed by atoms with van der Waals surface area (Å²) in [6.07, 6.45) is 3.15. The number of rotatable bonds is 6. The quantitative estimate of drug-likeness (QED) is 0.492. The summed E-state index contributed by atoms with van der Waals surface area (Å²) in [5, 5.41) is 10.0. The van der Waals surface area contributed by atoms with E-state index in [1.165, 1.54) is 10.7 Å². The van der Waals surface area contributed by atoms with Crippen molar-refractivity contribution in [2.75, 3.05) is 42.4 Å². The lowest BCUT2D eigenvalue weighted by Gasteiger charge is -2.52. The molecule has 12 nitrogen and oxygen atoms in total. The number of nitrogens with zero attached hydrogens (tertiary/aromatic N) is 6. The van der Waals surface area contributed by atoms with Gasteiger partial charge in [0, 0.05) is 57.4 Å². The fourth-order valence-corrected chi connectivity index (χ4v) is 5.47. The van der Waals surface area contributed by atoms with Crippen LogP contribution in [0, 0.1) is 5.92 Å². The number of hydrogen-bond donors (Lipinski definition) is 2. The number of sulfone groups is 1. The molecule has 2 aromatic rings. The van der Waals surface area contributed by atoms with Gasteiger partial charge in [-0.1, -0.05) is 0 Å². The summed E-state index contributed by atoms with van der Waals surface area (Å²) in [6.45, 7) is 0.552. The molecule has 212 valence electrons. The smallest absolute Gasteiger partial charge is 0.352 e. The van der Waals surface area contributed by atoms with Crippen LogP contribution in [0.5, 0.6) is 0 Å². The van der Waals surface area contributed by atoms with Crippen LogP contribution in [-0.2, 0) is 27.2 Å². The molecule has 3 aliphatic rings. The van der Waals surface area contributed by atoms with E-state index in [1.54, 1.807) is 30.5 Å². The summed E-state index contributed by atoms with van der Waals surface area (Å²) in [6, 6.07) is 2.23. The normalized spacial score (nSPS) is 20.2. The number of alkyl halides is 3. The molecule has 3 aliphatic heterocycles. The Balaban J connectivity index is 1.41. The molecule has 1 spiro atoms. The molecule has 0 bridgehead atoms. The highest BCUT2D eigenvalue weighted by molar-refractivity contribution is 7.91. The molecule has 40 heavy (non-hydrogen) atoms. The Bertz CT molecular complexity index is 1560. The first-order valence-corrected chi connectivity index (χ1v) is 14.2. The Morgan fingerprint density at radius 3 is 2.65 bits per heavy atom. The summed E-state index contributed by atoms with van der Waals surface area (Å²) in [5.74, 6) is -1.50. The fourth-order valence-electron chi connectivity index (χ4n) is 4.92. The molecular formula is C24H25F3N8O4S. The molecule has 1 atom stereocenters. The number of aromatic nitrogens is 3. The Labute approximate surface area is 227 Å². The molecule has 1 fully saturated rings. The van der Waals surface area contributed by atoms with Crippen molar-refractivity contribution in [1.82, 2.24) is 20.1 Å². The maximum atomic E-state index is 13.3. The number of hydrogen-bond acceptors (Lipinski definition) is 9. The van der Waals surface area contributed by atoms with Crippen LogP contribution in [0.25, 0.3) is 5.82 Å². The first-order valence-electron chi connectivity index (χ1n) is 12.1. The highest BCUT2D eigenvalue weighted by atomic mass is 32.2. The molecule has 5 heterocycles. The molecule has 2 aromatic heterocycles. The monoisotopic (exact) mass is 578 g/mol. The second-order valence-electron chi connectivity index (χ2n) is 10.0. The molecule has 5 rings (SSSR count). The predicted octanol–water partition coefficient (Wildman–Crippen LogP) is 1.41. The minimum absolute atomic E-state index is 0.00240.